The molecule has 0 spiro atoms. The van der Waals surface area contributed by atoms with E-state index in [0.717, 1.165) is 29.5 Å². The van der Waals surface area contributed by atoms with Crippen molar-refractivity contribution >= 4 is 11.8 Å². The van der Waals surface area contributed by atoms with Crippen molar-refractivity contribution in [2.75, 3.05) is 20.8 Å². The first-order valence-electron chi connectivity index (χ1n) is 11.8. The van der Waals surface area contributed by atoms with Gasteiger partial charge >= 0.3 is 0 Å². The molecule has 6 nitrogen and oxygen atoms in total. The Morgan fingerprint density at radius 1 is 1.00 bits per heavy atom. The Bertz CT molecular complexity index is 913. The first-order chi connectivity index (χ1) is 15.9. The van der Waals surface area contributed by atoms with Gasteiger partial charge in [-0.25, -0.2) is 0 Å². The van der Waals surface area contributed by atoms with Gasteiger partial charge in [0, 0.05) is 19.5 Å². The van der Waals surface area contributed by atoms with Gasteiger partial charge in [0.15, 0.2) is 11.5 Å². The van der Waals surface area contributed by atoms with Gasteiger partial charge in [-0.1, -0.05) is 56.2 Å². The van der Waals surface area contributed by atoms with Crippen LogP contribution in [-0.4, -0.2) is 43.5 Å². The molecule has 0 saturated heterocycles. The molecular formula is C27H38N2O4. The van der Waals surface area contributed by atoms with E-state index in [1.54, 1.807) is 19.1 Å². The molecule has 1 atom stereocenters. The molecule has 0 aliphatic rings. The van der Waals surface area contributed by atoms with Crippen molar-refractivity contribution in [3.05, 3.63) is 59.2 Å². The van der Waals surface area contributed by atoms with Crippen LogP contribution in [0.3, 0.4) is 0 Å². The molecule has 6 heteroatoms. The number of benzene rings is 2. The largest absolute Gasteiger partial charge is 0.493 e. The van der Waals surface area contributed by atoms with E-state index >= 15 is 0 Å². The van der Waals surface area contributed by atoms with Gasteiger partial charge in [-0.05, 0) is 49.4 Å². The Kier molecular flexibility index (Phi) is 10.7. The van der Waals surface area contributed by atoms with E-state index in [9.17, 15) is 9.59 Å². The van der Waals surface area contributed by atoms with Crippen molar-refractivity contribution in [1.29, 1.82) is 0 Å². The van der Waals surface area contributed by atoms with Crippen LogP contribution in [0.1, 0.15) is 56.2 Å². The molecule has 0 aliphatic heterocycles. The fraction of sp³-hybridized carbons (Fsp3) is 0.481. The number of nitrogens with one attached hydrogen (secondary N) is 1. The van der Waals surface area contributed by atoms with Crippen molar-refractivity contribution in [3.8, 4) is 11.5 Å². The number of ether oxygens (including phenoxy) is 2. The molecule has 0 aliphatic carbocycles. The lowest BCUT2D eigenvalue weighted by Gasteiger charge is -2.31. The number of methoxy groups -OCH3 is 2. The van der Waals surface area contributed by atoms with Crippen molar-refractivity contribution in [2.24, 2.45) is 0 Å². The van der Waals surface area contributed by atoms with Crippen LogP contribution in [0.4, 0.5) is 0 Å². The quantitative estimate of drug-likeness (QED) is 0.447. The summed E-state index contributed by atoms with van der Waals surface area (Å²) in [7, 11) is 3.19. The number of nitrogens with zero attached hydrogens (tertiary/aromatic N) is 1. The van der Waals surface area contributed by atoms with E-state index in [4.69, 9.17) is 9.47 Å². The highest BCUT2D eigenvalue weighted by atomic mass is 16.5. The molecule has 0 saturated carbocycles. The number of unbranched alkanes of at least 4 members (excludes halogenated alkanes) is 1. The van der Waals surface area contributed by atoms with E-state index < -0.39 is 6.04 Å². The number of hydrogen-bond acceptors (Lipinski definition) is 4. The number of carbonyl (C=O) groups excluding carboxylic acids is 2. The highest BCUT2D eigenvalue weighted by Crippen LogP contribution is 2.28. The fourth-order valence-corrected chi connectivity index (χ4v) is 3.86. The molecule has 0 bridgehead atoms. The number of carbonyl (C=O) groups is 2. The fourth-order valence-electron chi connectivity index (χ4n) is 3.86. The van der Waals surface area contributed by atoms with Gasteiger partial charge in [0.2, 0.25) is 11.8 Å². The lowest BCUT2D eigenvalue weighted by atomic mass is 10.0. The minimum absolute atomic E-state index is 0.0382. The van der Waals surface area contributed by atoms with Crippen molar-refractivity contribution in [2.45, 2.75) is 65.5 Å². The second kappa shape index (κ2) is 13.5. The molecule has 0 fully saturated rings. The standard InChI is InChI=1S/C27H38N2O4/c1-6-8-16-28-27(31)23(7-2)29(19-22-11-9-10-20(3)17-22)26(30)15-13-21-12-14-24(32-4)25(18-21)33-5/h9-12,14,17-18,23H,6-8,13,15-16,19H2,1-5H3,(H,28,31)/t23-/m0/s1. The van der Waals surface area contributed by atoms with Gasteiger partial charge in [0.1, 0.15) is 6.04 Å². The van der Waals surface area contributed by atoms with Crippen LogP contribution in [0.5, 0.6) is 11.5 Å². The normalized spacial score (nSPS) is 11.5. The summed E-state index contributed by atoms with van der Waals surface area (Å²) in [5.74, 6) is 1.17. The molecule has 1 N–H and O–H groups in total. The Labute approximate surface area is 198 Å². The second-order valence-electron chi connectivity index (χ2n) is 8.27. The van der Waals surface area contributed by atoms with Crippen LogP contribution in [0.2, 0.25) is 0 Å². The van der Waals surface area contributed by atoms with Gasteiger partial charge in [-0.2, -0.15) is 0 Å². The summed E-state index contributed by atoms with van der Waals surface area (Å²) >= 11 is 0. The van der Waals surface area contributed by atoms with Crippen LogP contribution < -0.4 is 14.8 Å². The molecule has 2 rings (SSSR count). The average Bonchev–Trinajstić information content (AvgIpc) is 2.82. The number of rotatable bonds is 13. The van der Waals surface area contributed by atoms with E-state index in [0.29, 0.717) is 43.9 Å². The van der Waals surface area contributed by atoms with Gasteiger partial charge in [0.25, 0.3) is 0 Å². The molecule has 0 aromatic heterocycles. The molecule has 2 amide bonds. The molecule has 0 unspecified atom stereocenters. The van der Waals surface area contributed by atoms with E-state index in [1.807, 2.05) is 50.2 Å². The number of hydrogen-bond donors (Lipinski definition) is 1. The Balaban J connectivity index is 2.20. The monoisotopic (exact) mass is 454 g/mol. The third-order valence-corrected chi connectivity index (χ3v) is 5.73. The van der Waals surface area contributed by atoms with Gasteiger partial charge in [-0.3, -0.25) is 9.59 Å². The van der Waals surface area contributed by atoms with Gasteiger partial charge < -0.3 is 19.7 Å². The maximum atomic E-state index is 13.4. The predicted molar refractivity (Wildman–Crippen MR) is 132 cm³/mol. The summed E-state index contributed by atoms with van der Waals surface area (Å²) in [5, 5.41) is 3.01. The highest BCUT2D eigenvalue weighted by Gasteiger charge is 2.28. The lowest BCUT2D eigenvalue weighted by Crippen LogP contribution is -2.49. The first-order valence-corrected chi connectivity index (χ1v) is 11.8. The Morgan fingerprint density at radius 2 is 1.76 bits per heavy atom. The summed E-state index contributed by atoms with van der Waals surface area (Å²) in [6.07, 6.45) is 3.35. The van der Waals surface area contributed by atoms with Gasteiger partial charge in [0.05, 0.1) is 14.2 Å². The maximum absolute atomic E-state index is 13.4. The van der Waals surface area contributed by atoms with E-state index in [1.165, 1.54) is 0 Å². The summed E-state index contributed by atoms with van der Waals surface area (Å²) in [5.41, 5.74) is 3.14. The van der Waals surface area contributed by atoms with Gasteiger partial charge in [-0.15, -0.1) is 0 Å². The summed E-state index contributed by atoms with van der Waals surface area (Å²) < 4.78 is 10.7. The summed E-state index contributed by atoms with van der Waals surface area (Å²) in [4.78, 5) is 28.1. The minimum Gasteiger partial charge on any atom is -0.493 e. The molecule has 0 radical (unpaired) electrons. The summed E-state index contributed by atoms with van der Waals surface area (Å²) in [6.45, 7) is 7.11. The SMILES string of the molecule is CCCCNC(=O)[C@H](CC)N(Cc1cccc(C)c1)C(=O)CCc1ccc(OC)c(OC)c1. The smallest absolute Gasteiger partial charge is 0.242 e. The second-order valence-corrected chi connectivity index (χ2v) is 8.27. The Hall–Kier alpha value is -3.02. The lowest BCUT2D eigenvalue weighted by molar-refractivity contribution is -0.141. The molecule has 0 heterocycles. The maximum Gasteiger partial charge on any atom is 0.242 e. The van der Waals surface area contributed by atoms with Crippen molar-refractivity contribution in [3.63, 3.8) is 0 Å². The zero-order chi connectivity index (χ0) is 24.2. The third-order valence-electron chi connectivity index (χ3n) is 5.73. The number of amides is 2. The highest BCUT2D eigenvalue weighted by molar-refractivity contribution is 5.87. The molecule has 33 heavy (non-hydrogen) atoms. The van der Waals surface area contributed by atoms with Crippen LogP contribution in [0.15, 0.2) is 42.5 Å². The zero-order valence-corrected chi connectivity index (χ0v) is 20.6. The minimum atomic E-state index is -0.500. The van der Waals surface area contributed by atoms with Crippen LogP contribution in [-0.2, 0) is 22.6 Å². The van der Waals surface area contributed by atoms with E-state index in [2.05, 4.69) is 18.3 Å². The van der Waals surface area contributed by atoms with Crippen LogP contribution >= 0.6 is 0 Å². The zero-order valence-electron chi connectivity index (χ0n) is 20.6. The number of aryl methyl sites for hydroxylation is 2. The molecule has 2 aromatic rings. The molecule has 2 aromatic carbocycles. The van der Waals surface area contributed by atoms with Crippen LogP contribution in [0, 0.1) is 6.92 Å². The topological polar surface area (TPSA) is 67.9 Å². The molecular weight excluding hydrogens is 416 g/mol. The average molecular weight is 455 g/mol. The van der Waals surface area contributed by atoms with Crippen molar-refractivity contribution < 1.29 is 19.1 Å². The summed E-state index contributed by atoms with van der Waals surface area (Å²) in [6, 6.07) is 13.3. The van der Waals surface area contributed by atoms with E-state index in [-0.39, 0.29) is 11.8 Å². The Morgan fingerprint density at radius 3 is 2.39 bits per heavy atom. The van der Waals surface area contributed by atoms with Crippen LogP contribution in [0.25, 0.3) is 0 Å². The van der Waals surface area contributed by atoms with Crippen molar-refractivity contribution in [1.82, 2.24) is 10.2 Å². The molecule has 180 valence electrons. The third kappa shape index (κ3) is 7.81. The first kappa shape index (κ1) is 26.2. The predicted octanol–water partition coefficient (Wildman–Crippen LogP) is 4.67.